The summed E-state index contributed by atoms with van der Waals surface area (Å²) >= 11 is 8.55. The molecule has 6 heteroatoms. The minimum atomic E-state index is -0.594. The monoisotopic (exact) mass is 427 g/mol. The molecule has 2 heterocycles. The third-order valence-corrected chi connectivity index (χ3v) is 5.47. The third-order valence-electron chi connectivity index (χ3n) is 3.94. The van der Waals surface area contributed by atoms with Gasteiger partial charge in [0.15, 0.2) is 0 Å². The predicted molar refractivity (Wildman–Crippen MR) is 98.0 cm³/mol. The van der Waals surface area contributed by atoms with Crippen LogP contribution in [0.3, 0.4) is 0 Å². The van der Waals surface area contributed by atoms with Gasteiger partial charge in [0.1, 0.15) is 17.0 Å². The van der Waals surface area contributed by atoms with E-state index in [1.807, 2.05) is 37.3 Å². The highest BCUT2D eigenvalue weighted by Gasteiger charge is 2.46. The summed E-state index contributed by atoms with van der Waals surface area (Å²) in [6.07, 6.45) is 1.61. The first kappa shape index (κ1) is 15.6. The molecule has 2 aromatic rings. The summed E-state index contributed by atoms with van der Waals surface area (Å²) < 4.78 is 0.142. The molecule has 1 aliphatic rings. The highest BCUT2D eigenvalue weighted by molar-refractivity contribution is 14.1. The van der Waals surface area contributed by atoms with Crippen molar-refractivity contribution in [3.8, 4) is 0 Å². The average molecular weight is 428 g/mol. The third kappa shape index (κ3) is 2.36. The average Bonchev–Trinajstić information content (AvgIpc) is 2.48. The number of alkyl halides is 1. The Morgan fingerprint density at radius 1 is 1.32 bits per heavy atom. The molecule has 0 saturated heterocycles. The molecule has 114 valence electrons. The van der Waals surface area contributed by atoms with Gasteiger partial charge in [0, 0.05) is 11.9 Å². The van der Waals surface area contributed by atoms with Crippen LogP contribution in [-0.2, 0) is 0 Å². The summed E-state index contributed by atoms with van der Waals surface area (Å²) in [7, 11) is 0. The lowest BCUT2D eigenvalue weighted by Crippen LogP contribution is -2.63. The molecule has 22 heavy (non-hydrogen) atoms. The highest BCUT2D eigenvalue weighted by Crippen LogP contribution is 2.39. The molecule has 1 amide bonds. The van der Waals surface area contributed by atoms with E-state index in [0.29, 0.717) is 16.4 Å². The van der Waals surface area contributed by atoms with E-state index in [0.717, 1.165) is 5.69 Å². The first-order chi connectivity index (χ1) is 10.4. The zero-order chi connectivity index (χ0) is 15.9. The quantitative estimate of drug-likeness (QED) is 0.573. The molecule has 1 aromatic carbocycles. The normalized spacial score (nSPS) is 22.0. The maximum absolute atomic E-state index is 13.1. The van der Waals surface area contributed by atoms with Crippen LogP contribution < -0.4 is 10.2 Å². The number of fused-ring (bicyclic) bond motifs is 1. The number of anilines is 2. The Hall–Kier alpha value is -1.34. The van der Waals surface area contributed by atoms with Gasteiger partial charge in [-0.25, -0.2) is 4.98 Å². The van der Waals surface area contributed by atoms with Crippen LogP contribution in [0.15, 0.2) is 42.6 Å². The predicted octanol–water partition coefficient (Wildman–Crippen LogP) is 4.35. The summed E-state index contributed by atoms with van der Waals surface area (Å²) in [5.74, 6) is 0.403. The van der Waals surface area contributed by atoms with Crippen LogP contribution in [0.25, 0.3) is 0 Å². The number of carbonyl (C=O) groups excluding carboxylic acids is 1. The second-order valence-corrected chi connectivity index (χ2v) is 7.66. The SMILES string of the molecule is CC(I)C1(C)Nc2nccc(Cl)c2C(=O)N1c1ccccc1. The molecule has 0 spiro atoms. The van der Waals surface area contributed by atoms with Crippen molar-refractivity contribution in [3.05, 3.63) is 53.2 Å². The number of hydrogen-bond acceptors (Lipinski definition) is 3. The van der Waals surface area contributed by atoms with E-state index in [9.17, 15) is 4.79 Å². The zero-order valence-corrected chi connectivity index (χ0v) is 15.1. The molecular formula is C16H15ClIN3O. The van der Waals surface area contributed by atoms with Gasteiger partial charge in [0.25, 0.3) is 5.91 Å². The fraction of sp³-hybridized carbons (Fsp3) is 0.250. The van der Waals surface area contributed by atoms with Crippen LogP contribution in [0.2, 0.25) is 5.02 Å². The Kier molecular flexibility index (Phi) is 4.03. The van der Waals surface area contributed by atoms with Gasteiger partial charge in [-0.2, -0.15) is 0 Å². The number of halogens is 2. The largest absolute Gasteiger partial charge is 0.346 e. The van der Waals surface area contributed by atoms with Crippen molar-refractivity contribution in [1.82, 2.24) is 4.98 Å². The number of nitrogens with zero attached hydrogens (tertiary/aromatic N) is 2. The second kappa shape index (κ2) is 5.70. The number of pyridine rings is 1. The van der Waals surface area contributed by atoms with E-state index >= 15 is 0 Å². The molecule has 0 aliphatic carbocycles. The first-order valence-electron chi connectivity index (χ1n) is 6.91. The number of benzene rings is 1. The van der Waals surface area contributed by atoms with Gasteiger partial charge in [-0.3, -0.25) is 9.69 Å². The fourth-order valence-electron chi connectivity index (χ4n) is 2.59. The number of para-hydroxylation sites is 1. The van der Waals surface area contributed by atoms with Crippen molar-refractivity contribution in [2.75, 3.05) is 10.2 Å². The Balaban J connectivity index is 2.22. The molecule has 1 N–H and O–H groups in total. The molecule has 4 nitrogen and oxygen atoms in total. The molecule has 2 unspecified atom stereocenters. The van der Waals surface area contributed by atoms with Gasteiger partial charge in [0.05, 0.1) is 8.95 Å². The molecule has 2 atom stereocenters. The molecule has 3 rings (SSSR count). The van der Waals surface area contributed by atoms with Crippen molar-refractivity contribution in [3.63, 3.8) is 0 Å². The number of aromatic nitrogens is 1. The maximum Gasteiger partial charge on any atom is 0.265 e. The van der Waals surface area contributed by atoms with Crippen LogP contribution in [0.5, 0.6) is 0 Å². The molecule has 1 aliphatic heterocycles. The zero-order valence-electron chi connectivity index (χ0n) is 12.2. The van der Waals surface area contributed by atoms with Crippen LogP contribution in [0.4, 0.5) is 11.5 Å². The van der Waals surface area contributed by atoms with E-state index in [2.05, 4.69) is 39.8 Å². The molecular weight excluding hydrogens is 413 g/mol. The molecule has 0 radical (unpaired) electrons. The number of nitrogens with one attached hydrogen (secondary N) is 1. The Bertz CT molecular complexity index is 723. The summed E-state index contributed by atoms with van der Waals surface area (Å²) in [5.41, 5.74) is 0.656. The lowest BCUT2D eigenvalue weighted by atomic mass is 9.99. The Morgan fingerprint density at radius 3 is 2.64 bits per heavy atom. The lowest BCUT2D eigenvalue weighted by molar-refractivity contribution is 0.0958. The summed E-state index contributed by atoms with van der Waals surface area (Å²) in [6, 6.07) is 11.2. The van der Waals surface area contributed by atoms with Crippen molar-refractivity contribution >= 4 is 51.6 Å². The Labute approximate surface area is 148 Å². The van der Waals surface area contributed by atoms with E-state index in [4.69, 9.17) is 11.6 Å². The van der Waals surface area contributed by atoms with Gasteiger partial charge in [-0.1, -0.05) is 52.4 Å². The van der Waals surface area contributed by atoms with Crippen molar-refractivity contribution < 1.29 is 4.79 Å². The summed E-state index contributed by atoms with van der Waals surface area (Å²) in [4.78, 5) is 19.2. The minimum absolute atomic E-state index is 0.135. The summed E-state index contributed by atoms with van der Waals surface area (Å²) in [6.45, 7) is 4.06. The van der Waals surface area contributed by atoms with Gasteiger partial charge in [-0.05, 0) is 32.0 Å². The highest BCUT2D eigenvalue weighted by atomic mass is 127. The minimum Gasteiger partial charge on any atom is -0.346 e. The van der Waals surface area contributed by atoms with E-state index in [-0.39, 0.29) is 9.83 Å². The standard InChI is InChI=1S/C16H15ClIN3O/c1-10(18)16(2)20-14-13(12(17)8-9-19-14)15(22)21(16)11-6-4-3-5-7-11/h3-10H,1-2H3,(H,19,20). The first-order valence-corrected chi connectivity index (χ1v) is 8.54. The van der Waals surface area contributed by atoms with Crippen molar-refractivity contribution in [2.24, 2.45) is 0 Å². The van der Waals surface area contributed by atoms with Crippen LogP contribution in [-0.4, -0.2) is 20.5 Å². The number of rotatable bonds is 2. The van der Waals surface area contributed by atoms with Crippen molar-refractivity contribution in [1.29, 1.82) is 0 Å². The number of amides is 1. The van der Waals surface area contributed by atoms with Gasteiger partial charge in [-0.15, -0.1) is 0 Å². The van der Waals surface area contributed by atoms with E-state index < -0.39 is 5.66 Å². The van der Waals surface area contributed by atoms with Crippen molar-refractivity contribution in [2.45, 2.75) is 23.4 Å². The number of hydrogen-bond donors (Lipinski definition) is 1. The lowest BCUT2D eigenvalue weighted by Gasteiger charge is -2.47. The van der Waals surface area contributed by atoms with Crippen LogP contribution >= 0.6 is 34.2 Å². The van der Waals surface area contributed by atoms with E-state index in [1.54, 1.807) is 17.2 Å². The fourth-order valence-corrected chi connectivity index (χ4v) is 3.26. The van der Waals surface area contributed by atoms with Gasteiger partial charge >= 0.3 is 0 Å². The van der Waals surface area contributed by atoms with Gasteiger partial charge < -0.3 is 5.32 Å². The van der Waals surface area contributed by atoms with Gasteiger partial charge in [0.2, 0.25) is 0 Å². The number of carbonyl (C=O) groups is 1. The van der Waals surface area contributed by atoms with Crippen LogP contribution in [0, 0.1) is 0 Å². The molecule has 0 saturated carbocycles. The topological polar surface area (TPSA) is 45.2 Å². The van der Waals surface area contributed by atoms with E-state index in [1.165, 1.54) is 0 Å². The Morgan fingerprint density at radius 2 is 2.00 bits per heavy atom. The summed E-state index contributed by atoms with van der Waals surface area (Å²) in [5, 5.41) is 3.80. The maximum atomic E-state index is 13.1. The second-order valence-electron chi connectivity index (χ2n) is 5.38. The molecule has 0 bridgehead atoms. The smallest absolute Gasteiger partial charge is 0.265 e. The molecule has 0 fully saturated rings. The molecule has 1 aromatic heterocycles. The van der Waals surface area contributed by atoms with Crippen LogP contribution in [0.1, 0.15) is 24.2 Å².